The standard InChI is InChI=1S/C15H26F2N2/c1-2-18-9-7-14(8-10-18)5-3-13(4-6-14)19-11-15(16,17)12-19/h13H,2-12H2,1H3. The van der Waals surface area contributed by atoms with E-state index < -0.39 is 5.92 Å². The van der Waals surface area contributed by atoms with Crippen LogP contribution in [0.3, 0.4) is 0 Å². The minimum atomic E-state index is -2.40. The summed E-state index contributed by atoms with van der Waals surface area (Å²) in [5, 5.41) is 0. The molecule has 0 radical (unpaired) electrons. The lowest BCUT2D eigenvalue weighted by Gasteiger charge is -2.51. The van der Waals surface area contributed by atoms with E-state index in [0.717, 1.165) is 12.8 Å². The fraction of sp³-hybridized carbons (Fsp3) is 1.00. The van der Waals surface area contributed by atoms with Crippen LogP contribution in [0.25, 0.3) is 0 Å². The van der Waals surface area contributed by atoms with Crippen molar-refractivity contribution in [3.8, 4) is 0 Å². The molecule has 0 aromatic rings. The maximum atomic E-state index is 12.9. The number of halogens is 2. The second kappa shape index (κ2) is 4.96. The van der Waals surface area contributed by atoms with Gasteiger partial charge in [-0.25, -0.2) is 8.78 Å². The third kappa shape index (κ3) is 2.80. The Morgan fingerprint density at radius 2 is 1.58 bits per heavy atom. The molecule has 3 aliphatic rings. The Kier molecular flexibility index (Phi) is 3.59. The highest BCUT2D eigenvalue weighted by Crippen LogP contribution is 2.46. The molecule has 110 valence electrons. The second-order valence-electron chi connectivity index (χ2n) is 6.93. The van der Waals surface area contributed by atoms with Crippen LogP contribution >= 0.6 is 0 Å². The lowest BCUT2D eigenvalue weighted by molar-refractivity contribution is -0.153. The van der Waals surface area contributed by atoms with Gasteiger partial charge >= 0.3 is 0 Å². The summed E-state index contributed by atoms with van der Waals surface area (Å²) in [6.07, 6.45) is 7.45. The van der Waals surface area contributed by atoms with Crippen LogP contribution < -0.4 is 0 Å². The van der Waals surface area contributed by atoms with Gasteiger partial charge in [0.1, 0.15) is 0 Å². The van der Waals surface area contributed by atoms with Gasteiger partial charge < -0.3 is 4.90 Å². The molecule has 2 nitrogen and oxygen atoms in total. The first-order chi connectivity index (χ1) is 9.02. The van der Waals surface area contributed by atoms with E-state index in [1.807, 2.05) is 4.90 Å². The van der Waals surface area contributed by atoms with Gasteiger partial charge in [0, 0.05) is 6.04 Å². The normalized spacial score (nSPS) is 32.4. The molecule has 0 aromatic carbocycles. The number of nitrogens with zero attached hydrogens (tertiary/aromatic N) is 2. The molecule has 2 heterocycles. The van der Waals surface area contributed by atoms with Crippen LogP contribution in [0.5, 0.6) is 0 Å². The Hall–Kier alpha value is -0.220. The molecule has 1 spiro atoms. The van der Waals surface area contributed by atoms with Gasteiger partial charge in [-0.05, 0) is 63.6 Å². The number of piperidine rings is 1. The van der Waals surface area contributed by atoms with Gasteiger partial charge in [-0.1, -0.05) is 6.92 Å². The Labute approximate surface area is 115 Å². The van der Waals surface area contributed by atoms with Gasteiger partial charge in [0.25, 0.3) is 5.92 Å². The molecule has 0 N–H and O–H groups in total. The van der Waals surface area contributed by atoms with E-state index in [1.54, 1.807) is 0 Å². The molecule has 0 aromatic heterocycles. The molecule has 1 saturated carbocycles. The van der Waals surface area contributed by atoms with E-state index in [0.29, 0.717) is 11.5 Å². The van der Waals surface area contributed by atoms with Crippen molar-refractivity contribution in [3.63, 3.8) is 0 Å². The lowest BCUT2D eigenvalue weighted by Crippen LogP contribution is -2.61. The smallest absolute Gasteiger partial charge is 0.272 e. The Morgan fingerprint density at radius 1 is 1.00 bits per heavy atom. The molecular weight excluding hydrogens is 246 g/mol. The van der Waals surface area contributed by atoms with Gasteiger partial charge in [-0.3, -0.25) is 4.90 Å². The van der Waals surface area contributed by atoms with E-state index in [4.69, 9.17) is 0 Å². The highest BCUT2D eigenvalue weighted by molar-refractivity contribution is 4.97. The van der Waals surface area contributed by atoms with Crippen molar-refractivity contribution in [1.82, 2.24) is 9.80 Å². The maximum absolute atomic E-state index is 12.9. The average Bonchev–Trinajstić information content (AvgIpc) is 2.38. The molecule has 2 aliphatic heterocycles. The summed E-state index contributed by atoms with van der Waals surface area (Å²) in [4.78, 5) is 4.54. The molecule has 1 aliphatic carbocycles. The van der Waals surface area contributed by atoms with Gasteiger partial charge in [0.05, 0.1) is 13.1 Å². The number of alkyl halides is 2. The molecule has 0 bridgehead atoms. The number of hydrogen-bond donors (Lipinski definition) is 0. The number of rotatable bonds is 2. The van der Waals surface area contributed by atoms with Gasteiger partial charge in [-0.15, -0.1) is 0 Å². The quantitative estimate of drug-likeness (QED) is 0.762. The fourth-order valence-electron chi connectivity index (χ4n) is 4.23. The summed E-state index contributed by atoms with van der Waals surface area (Å²) in [5.41, 5.74) is 0.551. The summed E-state index contributed by atoms with van der Waals surface area (Å²) in [5.74, 6) is -2.40. The van der Waals surface area contributed by atoms with Crippen LogP contribution in [0.4, 0.5) is 8.78 Å². The zero-order valence-corrected chi connectivity index (χ0v) is 12.0. The number of likely N-dealkylation sites (tertiary alicyclic amines) is 2. The average molecular weight is 272 g/mol. The summed E-state index contributed by atoms with van der Waals surface area (Å²) >= 11 is 0. The fourth-order valence-corrected chi connectivity index (χ4v) is 4.23. The van der Waals surface area contributed by atoms with Crippen molar-refractivity contribution in [2.24, 2.45) is 5.41 Å². The Bertz CT molecular complexity index is 306. The molecule has 19 heavy (non-hydrogen) atoms. The van der Waals surface area contributed by atoms with E-state index in [9.17, 15) is 8.78 Å². The van der Waals surface area contributed by atoms with Gasteiger partial charge in [0.2, 0.25) is 0 Å². The first kappa shape index (κ1) is 13.7. The molecule has 3 fully saturated rings. The van der Waals surface area contributed by atoms with Crippen LogP contribution in [0.15, 0.2) is 0 Å². The second-order valence-corrected chi connectivity index (χ2v) is 6.93. The van der Waals surface area contributed by atoms with Crippen molar-refractivity contribution in [1.29, 1.82) is 0 Å². The first-order valence-corrected chi connectivity index (χ1v) is 7.86. The molecular formula is C15H26F2N2. The first-order valence-electron chi connectivity index (χ1n) is 7.86. The Balaban J connectivity index is 1.47. The predicted molar refractivity (Wildman–Crippen MR) is 72.6 cm³/mol. The molecule has 0 unspecified atom stereocenters. The predicted octanol–water partition coefficient (Wildman–Crippen LogP) is 2.98. The third-order valence-corrected chi connectivity index (χ3v) is 5.76. The summed E-state index contributed by atoms with van der Waals surface area (Å²) in [6, 6.07) is 0.439. The van der Waals surface area contributed by atoms with Crippen molar-refractivity contribution >= 4 is 0 Å². The summed E-state index contributed by atoms with van der Waals surface area (Å²) < 4.78 is 25.9. The van der Waals surface area contributed by atoms with Crippen LogP contribution in [0.2, 0.25) is 0 Å². The van der Waals surface area contributed by atoms with E-state index in [-0.39, 0.29) is 13.1 Å². The van der Waals surface area contributed by atoms with E-state index >= 15 is 0 Å². The van der Waals surface area contributed by atoms with Crippen LogP contribution in [-0.2, 0) is 0 Å². The van der Waals surface area contributed by atoms with Crippen LogP contribution in [0, 0.1) is 5.41 Å². The van der Waals surface area contributed by atoms with Crippen molar-refractivity contribution < 1.29 is 8.78 Å². The molecule has 3 rings (SSSR count). The van der Waals surface area contributed by atoms with Crippen LogP contribution in [0.1, 0.15) is 45.4 Å². The van der Waals surface area contributed by atoms with Crippen molar-refractivity contribution in [2.45, 2.75) is 57.4 Å². The number of hydrogen-bond acceptors (Lipinski definition) is 2. The summed E-state index contributed by atoms with van der Waals surface area (Å²) in [7, 11) is 0. The van der Waals surface area contributed by atoms with Crippen LogP contribution in [-0.4, -0.2) is 54.5 Å². The van der Waals surface area contributed by atoms with E-state index in [2.05, 4.69) is 11.8 Å². The largest absolute Gasteiger partial charge is 0.304 e. The molecule has 0 amide bonds. The molecule has 2 saturated heterocycles. The highest BCUT2D eigenvalue weighted by atomic mass is 19.3. The van der Waals surface area contributed by atoms with E-state index in [1.165, 1.54) is 45.3 Å². The minimum Gasteiger partial charge on any atom is -0.304 e. The zero-order valence-electron chi connectivity index (χ0n) is 12.0. The van der Waals surface area contributed by atoms with Crippen molar-refractivity contribution in [2.75, 3.05) is 32.7 Å². The third-order valence-electron chi connectivity index (χ3n) is 5.76. The highest BCUT2D eigenvalue weighted by Gasteiger charge is 2.48. The van der Waals surface area contributed by atoms with Gasteiger partial charge in [0.15, 0.2) is 0 Å². The zero-order chi connectivity index (χ0) is 13.5. The maximum Gasteiger partial charge on any atom is 0.272 e. The molecule has 4 heteroatoms. The van der Waals surface area contributed by atoms with Gasteiger partial charge in [-0.2, -0.15) is 0 Å². The topological polar surface area (TPSA) is 6.48 Å². The Morgan fingerprint density at radius 3 is 2.05 bits per heavy atom. The SMILES string of the molecule is CCN1CCC2(CCC(N3CC(F)(F)C3)CC2)CC1. The van der Waals surface area contributed by atoms with Crippen molar-refractivity contribution in [3.05, 3.63) is 0 Å². The lowest BCUT2D eigenvalue weighted by atomic mass is 9.66. The minimum absolute atomic E-state index is 0.00821. The molecule has 0 atom stereocenters. The summed E-state index contributed by atoms with van der Waals surface area (Å²) in [6.45, 7) is 5.90. The monoisotopic (exact) mass is 272 g/mol.